The van der Waals surface area contributed by atoms with Crippen LogP contribution in [-0.2, 0) is 6.42 Å². The van der Waals surface area contributed by atoms with Crippen LogP contribution in [0.4, 0.5) is 0 Å². The van der Waals surface area contributed by atoms with E-state index in [0.29, 0.717) is 30.6 Å². The van der Waals surface area contributed by atoms with Crippen LogP contribution in [0.3, 0.4) is 0 Å². The Kier molecular flexibility index (Phi) is 7.47. The number of fused-ring (bicyclic) bond motifs is 1. The molecular formula is C25H33N7O. The number of nitrogens with zero attached hydrogens (tertiary/aromatic N) is 6. The summed E-state index contributed by atoms with van der Waals surface area (Å²) in [6.45, 7) is 11.9. The molecule has 2 aromatic heterocycles. The molecule has 1 saturated heterocycles. The number of hydrogen-bond donors (Lipinski definition) is 2. The van der Waals surface area contributed by atoms with E-state index >= 15 is 0 Å². The molecule has 0 amide bonds. The normalized spacial score (nSPS) is 16.6. The number of piperidine rings is 1. The summed E-state index contributed by atoms with van der Waals surface area (Å²) in [4.78, 5) is 11.9. The second-order valence-corrected chi connectivity index (χ2v) is 8.46. The van der Waals surface area contributed by atoms with Gasteiger partial charge in [-0.2, -0.15) is 10.2 Å². The van der Waals surface area contributed by atoms with Crippen LogP contribution < -0.4 is 0 Å². The second kappa shape index (κ2) is 10.7. The average molecular weight is 448 g/mol. The monoisotopic (exact) mass is 447 g/mol. The molecule has 0 bridgehead atoms. The largest absolute Gasteiger partial charge is 0.396 e. The Morgan fingerprint density at radius 3 is 2.88 bits per heavy atom. The number of aliphatic hydroxyl groups excluding tert-OH is 1. The van der Waals surface area contributed by atoms with Crippen molar-refractivity contribution in [1.82, 2.24) is 24.9 Å². The first kappa shape index (κ1) is 23.1. The van der Waals surface area contributed by atoms with Crippen molar-refractivity contribution in [3.63, 3.8) is 0 Å². The zero-order valence-electron chi connectivity index (χ0n) is 19.5. The van der Waals surface area contributed by atoms with E-state index in [1.165, 1.54) is 18.4 Å². The lowest BCUT2D eigenvalue weighted by Crippen LogP contribution is -2.32. The predicted molar refractivity (Wildman–Crippen MR) is 133 cm³/mol. The molecule has 1 aliphatic rings. The third kappa shape index (κ3) is 5.29. The Morgan fingerprint density at radius 2 is 2.15 bits per heavy atom. The van der Waals surface area contributed by atoms with Gasteiger partial charge >= 0.3 is 0 Å². The van der Waals surface area contributed by atoms with E-state index in [2.05, 4.69) is 56.9 Å². The predicted octanol–water partition coefficient (Wildman–Crippen LogP) is 3.39. The number of H-pyrrole nitrogens is 1. The number of amidine groups is 1. The van der Waals surface area contributed by atoms with Crippen molar-refractivity contribution in [2.24, 2.45) is 9.98 Å². The molecule has 0 saturated carbocycles. The van der Waals surface area contributed by atoms with Crippen molar-refractivity contribution in [1.29, 1.82) is 0 Å². The zero-order valence-corrected chi connectivity index (χ0v) is 19.5. The Balaban J connectivity index is 1.66. The molecule has 1 fully saturated rings. The van der Waals surface area contributed by atoms with Crippen molar-refractivity contribution in [2.45, 2.75) is 39.0 Å². The van der Waals surface area contributed by atoms with Gasteiger partial charge < -0.3 is 10.0 Å². The van der Waals surface area contributed by atoms with Gasteiger partial charge in [0.25, 0.3) is 0 Å². The molecule has 8 heteroatoms. The third-order valence-electron chi connectivity index (χ3n) is 6.31. The van der Waals surface area contributed by atoms with E-state index < -0.39 is 0 Å². The molecule has 1 aliphatic heterocycles. The van der Waals surface area contributed by atoms with Gasteiger partial charge in [0, 0.05) is 18.2 Å². The molecule has 0 spiro atoms. The molecule has 2 N–H and O–H groups in total. The Hall–Kier alpha value is -3.10. The molecule has 8 nitrogen and oxygen atoms in total. The first-order chi connectivity index (χ1) is 16.1. The SMILES string of the molecule is C=CCN=C(N=C(C)n1cc(CCO)cn1)c1n[nH]c2ccc(C3CCN(CC)CC3)cc12. The molecule has 4 rings (SSSR count). The molecule has 174 valence electrons. The number of nitrogens with one attached hydrogen (secondary N) is 1. The van der Waals surface area contributed by atoms with Crippen LogP contribution in [-0.4, -0.2) is 74.4 Å². The number of likely N-dealkylation sites (tertiary alicyclic amines) is 1. The van der Waals surface area contributed by atoms with Crippen LogP contribution in [0, 0.1) is 0 Å². The van der Waals surface area contributed by atoms with Gasteiger partial charge in [-0.1, -0.05) is 19.1 Å². The van der Waals surface area contributed by atoms with Crippen molar-refractivity contribution in [3.05, 3.63) is 60.1 Å². The van der Waals surface area contributed by atoms with Crippen LogP contribution in [0.2, 0.25) is 0 Å². The van der Waals surface area contributed by atoms with E-state index in [4.69, 9.17) is 10.1 Å². The minimum Gasteiger partial charge on any atom is -0.396 e. The summed E-state index contributed by atoms with van der Waals surface area (Å²) in [5, 5.41) is 22.3. The lowest BCUT2D eigenvalue weighted by Gasteiger charge is -2.31. The average Bonchev–Trinajstić information content (AvgIpc) is 3.49. The minimum atomic E-state index is 0.0903. The lowest BCUT2D eigenvalue weighted by atomic mass is 9.88. The number of aliphatic hydroxyl groups is 1. The van der Waals surface area contributed by atoms with Gasteiger partial charge in [0.1, 0.15) is 11.5 Å². The molecule has 0 atom stereocenters. The minimum absolute atomic E-state index is 0.0903. The van der Waals surface area contributed by atoms with Crippen LogP contribution in [0.5, 0.6) is 0 Å². The van der Waals surface area contributed by atoms with Crippen LogP contribution in [0.25, 0.3) is 10.9 Å². The van der Waals surface area contributed by atoms with Crippen molar-refractivity contribution >= 4 is 22.6 Å². The fourth-order valence-corrected chi connectivity index (χ4v) is 4.35. The van der Waals surface area contributed by atoms with E-state index in [1.807, 2.05) is 13.1 Å². The van der Waals surface area contributed by atoms with Crippen molar-refractivity contribution in [3.8, 4) is 0 Å². The molecular weight excluding hydrogens is 414 g/mol. The number of rotatable bonds is 7. The first-order valence-corrected chi connectivity index (χ1v) is 11.7. The van der Waals surface area contributed by atoms with Gasteiger partial charge in [0.05, 0.1) is 18.3 Å². The summed E-state index contributed by atoms with van der Waals surface area (Å²) in [7, 11) is 0. The van der Waals surface area contributed by atoms with E-state index in [9.17, 15) is 0 Å². The highest BCUT2D eigenvalue weighted by Crippen LogP contribution is 2.30. The molecule has 0 aliphatic carbocycles. The highest BCUT2D eigenvalue weighted by Gasteiger charge is 2.21. The zero-order chi connectivity index (χ0) is 23.2. The molecule has 3 aromatic rings. The molecule has 1 aromatic carbocycles. The fourth-order valence-electron chi connectivity index (χ4n) is 4.35. The summed E-state index contributed by atoms with van der Waals surface area (Å²) >= 11 is 0. The molecule has 0 radical (unpaired) electrons. The Bertz CT molecular complexity index is 1150. The number of aromatic nitrogens is 4. The van der Waals surface area contributed by atoms with Gasteiger partial charge in [-0.3, -0.25) is 10.1 Å². The quantitative estimate of drug-likeness (QED) is 0.330. The van der Waals surface area contributed by atoms with Crippen LogP contribution in [0.1, 0.15) is 49.4 Å². The number of hydrogen-bond acceptors (Lipinski definition) is 5. The number of aliphatic imine (C=N–C) groups is 2. The van der Waals surface area contributed by atoms with Crippen LogP contribution >= 0.6 is 0 Å². The highest BCUT2D eigenvalue weighted by molar-refractivity contribution is 6.12. The maximum atomic E-state index is 9.17. The van der Waals surface area contributed by atoms with Gasteiger partial charge in [-0.25, -0.2) is 9.67 Å². The fraction of sp³-hybridized carbons (Fsp3) is 0.440. The summed E-state index contributed by atoms with van der Waals surface area (Å²) in [6.07, 6.45) is 8.29. The number of benzene rings is 1. The second-order valence-electron chi connectivity index (χ2n) is 8.46. The van der Waals surface area contributed by atoms with E-state index in [1.54, 1.807) is 17.0 Å². The maximum Gasteiger partial charge on any atom is 0.178 e. The van der Waals surface area contributed by atoms with Gasteiger partial charge in [0.2, 0.25) is 0 Å². The summed E-state index contributed by atoms with van der Waals surface area (Å²) < 4.78 is 1.70. The summed E-state index contributed by atoms with van der Waals surface area (Å²) in [5.41, 5.74) is 4.02. The summed E-state index contributed by atoms with van der Waals surface area (Å²) in [6, 6.07) is 6.59. The Morgan fingerprint density at radius 1 is 1.33 bits per heavy atom. The molecule has 33 heavy (non-hydrogen) atoms. The smallest absolute Gasteiger partial charge is 0.178 e. The lowest BCUT2D eigenvalue weighted by molar-refractivity contribution is 0.222. The molecule has 0 unspecified atom stereocenters. The highest BCUT2D eigenvalue weighted by atomic mass is 16.3. The van der Waals surface area contributed by atoms with Gasteiger partial charge in [-0.05, 0) is 75.0 Å². The van der Waals surface area contributed by atoms with Crippen LogP contribution in [0.15, 0.2) is 53.2 Å². The van der Waals surface area contributed by atoms with E-state index in [-0.39, 0.29) is 6.61 Å². The van der Waals surface area contributed by atoms with Gasteiger partial charge in [-0.15, -0.1) is 6.58 Å². The topological polar surface area (TPSA) is 94.7 Å². The van der Waals surface area contributed by atoms with Crippen molar-refractivity contribution < 1.29 is 5.11 Å². The van der Waals surface area contributed by atoms with E-state index in [0.717, 1.165) is 41.8 Å². The maximum absolute atomic E-state index is 9.17. The Labute approximate surface area is 194 Å². The molecule has 3 heterocycles. The first-order valence-electron chi connectivity index (χ1n) is 11.7. The number of aromatic amines is 1. The van der Waals surface area contributed by atoms with Gasteiger partial charge in [0.15, 0.2) is 5.84 Å². The summed E-state index contributed by atoms with van der Waals surface area (Å²) in [5.74, 6) is 1.80. The van der Waals surface area contributed by atoms with Crippen molar-refractivity contribution in [2.75, 3.05) is 32.8 Å². The standard InChI is InChI=1S/C25H33N7O/c1-4-11-26-25(28-18(3)32-17-19(10-14-33)16-27-32)24-22-15-21(6-7-23(22)29-30-24)20-8-12-31(5-2)13-9-20/h4,6-7,15-17,20,33H,1,5,8-14H2,2-3H3,(H,29,30). The third-order valence-corrected chi connectivity index (χ3v) is 6.31.